The van der Waals surface area contributed by atoms with Gasteiger partial charge in [-0.2, -0.15) is 19.9 Å². The van der Waals surface area contributed by atoms with Gasteiger partial charge in [0.1, 0.15) is 36.6 Å². The predicted molar refractivity (Wildman–Crippen MR) is 452 cm³/mol. The number of nitrogens with one attached hydrogen (secondary N) is 5. The number of hydrogen-bond donors (Lipinski definition) is 11. The number of nitrogen functional groups attached to an aromatic ring is 1. The number of aliphatic hydroxyl groups is 3. The van der Waals surface area contributed by atoms with Crippen molar-refractivity contribution in [3.05, 3.63) is 178 Å². The molecule has 660 valence electrons. The van der Waals surface area contributed by atoms with Gasteiger partial charge in [0, 0.05) is 38.8 Å². The average molecular weight is 1780 g/mol. The summed E-state index contributed by atoms with van der Waals surface area (Å²) in [5.41, 5.74) is 17.6. The number of carboxylic acid groups (broad SMARTS) is 1. The molecule has 0 spiro atoms. The molecule has 4 heterocycles. The van der Waals surface area contributed by atoms with Gasteiger partial charge in [0.15, 0.2) is 22.8 Å². The van der Waals surface area contributed by atoms with Crippen molar-refractivity contribution in [2.45, 2.75) is 163 Å². The molecular formula is C76H114Cl2N12O24S4. The average Bonchev–Trinajstić information content (AvgIpc) is 1.55. The lowest BCUT2D eigenvalue weighted by Crippen LogP contribution is -2.48. The smallest absolute Gasteiger partial charge is 0.360 e. The summed E-state index contributed by atoms with van der Waals surface area (Å²) >= 11 is 0. The van der Waals surface area contributed by atoms with E-state index in [1.807, 2.05) is 65.4 Å². The van der Waals surface area contributed by atoms with E-state index >= 15 is 0 Å². The highest BCUT2D eigenvalue weighted by Crippen LogP contribution is 2.23. The van der Waals surface area contributed by atoms with Crippen LogP contribution in [0.2, 0.25) is 0 Å². The molecule has 0 aliphatic carbocycles. The van der Waals surface area contributed by atoms with Gasteiger partial charge < -0.3 is 84.5 Å². The third kappa shape index (κ3) is 43.8. The molecule has 4 aromatic heterocycles. The van der Waals surface area contributed by atoms with Gasteiger partial charge in [0.2, 0.25) is 40.1 Å². The van der Waals surface area contributed by atoms with Crippen LogP contribution >= 0.6 is 24.8 Å². The number of unbranched alkanes of at least 4 members (excludes halogenated alkanes) is 6. The van der Waals surface area contributed by atoms with Crippen LogP contribution < -0.4 is 50.0 Å². The summed E-state index contributed by atoms with van der Waals surface area (Å²) < 4.78 is 134. The number of aryl methyl sites for hydroxylation is 2. The maximum Gasteiger partial charge on any atom is 0.360 e. The van der Waals surface area contributed by atoms with E-state index in [-0.39, 0.29) is 95.1 Å². The number of nitrogens with two attached hydrogens (primary N) is 2. The van der Waals surface area contributed by atoms with E-state index < -0.39 is 88.2 Å². The molecule has 0 aliphatic heterocycles. The number of rotatable bonds is 42. The summed E-state index contributed by atoms with van der Waals surface area (Å²) in [5.74, 6) is -1.63. The first-order valence-corrected chi connectivity index (χ1v) is 44.7. The number of aliphatic hydroxyl groups excluding tert-OH is 3. The van der Waals surface area contributed by atoms with Crippen LogP contribution in [0.1, 0.15) is 175 Å². The van der Waals surface area contributed by atoms with Gasteiger partial charge in [-0.05, 0) is 117 Å². The van der Waals surface area contributed by atoms with Crippen molar-refractivity contribution in [2.75, 3.05) is 90.0 Å². The minimum Gasteiger partial charge on any atom is -0.494 e. The second kappa shape index (κ2) is 56.1. The fourth-order valence-corrected chi connectivity index (χ4v) is 13.5. The molecule has 8 rings (SSSR count). The van der Waals surface area contributed by atoms with Gasteiger partial charge in [-0.25, -0.2) is 57.5 Å². The van der Waals surface area contributed by atoms with Crippen molar-refractivity contribution in [3.63, 3.8) is 0 Å². The second-order valence-electron chi connectivity index (χ2n) is 25.7. The molecule has 0 bridgehead atoms. The SMILES string of the molecule is CCCCCCOc1cccc(C[C@H](N)[C@H](O)CNCc2cccc(CC)c2)c1.CCCCCCOc1cccc(C[C@H](NC(=O)c2coc(NS(C)(=O)=O)n2)[C@H](O)CNCc2cccc(CC)c2)c1.CCO.CCOC(=O)c1coc(N(S(C)(=O)=O)S(C)(=O)=O)n1.CCOC(=O)c1coc(N)n1.CS(=O)(=O)Nc1nc(C(=O)O)co1.Cl.Cl. The number of ether oxygens (including phenoxy) is 4. The molecule has 0 saturated carbocycles. The molecule has 0 fully saturated rings. The molecule has 4 atom stereocenters. The zero-order valence-corrected chi connectivity index (χ0v) is 72.9. The summed E-state index contributed by atoms with van der Waals surface area (Å²) in [5, 5.41) is 47.0. The normalized spacial score (nSPS) is 12.0. The molecule has 0 saturated heterocycles. The number of benzene rings is 4. The van der Waals surface area contributed by atoms with Crippen LogP contribution in [0.4, 0.5) is 24.1 Å². The minimum absolute atomic E-state index is 0. The van der Waals surface area contributed by atoms with Crippen molar-refractivity contribution in [2.24, 2.45) is 5.73 Å². The lowest BCUT2D eigenvalue weighted by Gasteiger charge is -2.25. The monoisotopic (exact) mass is 1780 g/mol. The number of amides is 1. The Morgan fingerprint density at radius 1 is 0.508 bits per heavy atom. The van der Waals surface area contributed by atoms with E-state index in [9.17, 15) is 63.1 Å². The molecule has 36 nitrogen and oxygen atoms in total. The number of esters is 2. The fourth-order valence-electron chi connectivity index (χ4n) is 10.0. The van der Waals surface area contributed by atoms with Crippen LogP contribution in [0.3, 0.4) is 0 Å². The molecule has 118 heavy (non-hydrogen) atoms. The first-order chi connectivity index (χ1) is 54.9. The summed E-state index contributed by atoms with van der Waals surface area (Å²) in [6.07, 6.45) is 17.7. The minimum atomic E-state index is -4.16. The maximum atomic E-state index is 13.0. The molecule has 1 amide bonds. The lowest BCUT2D eigenvalue weighted by molar-refractivity contribution is 0.0510. The topological polar surface area (TPSA) is 542 Å². The van der Waals surface area contributed by atoms with E-state index in [0.29, 0.717) is 51.7 Å². The molecule has 0 unspecified atom stereocenters. The first-order valence-electron chi connectivity index (χ1n) is 37.2. The van der Waals surface area contributed by atoms with Crippen LogP contribution in [0.15, 0.2) is 140 Å². The van der Waals surface area contributed by atoms with Crippen molar-refractivity contribution >= 4 is 113 Å². The Kier molecular flexibility index (Phi) is 50.6. The van der Waals surface area contributed by atoms with Gasteiger partial charge in [-0.15, -0.1) is 28.5 Å². The van der Waals surface area contributed by atoms with Crippen molar-refractivity contribution in [3.8, 4) is 11.5 Å². The van der Waals surface area contributed by atoms with Crippen molar-refractivity contribution < 1.29 is 110 Å². The first kappa shape index (κ1) is 107. The molecule has 13 N–H and O–H groups in total. The van der Waals surface area contributed by atoms with Gasteiger partial charge in [0.25, 0.3) is 11.9 Å². The number of nitrogens with zero attached hydrogens (tertiary/aromatic N) is 5. The van der Waals surface area contributed by atoms with E-state index in [1.165, 1.54) is 42.4 Å². The number of aromatic nitrogens is 4. The Morgan fingerprint density at radius 2 is 0.915 bits per heavy atom. The number of halogens is 2. The van der Waals surface area contributed by atoms with E-state index in [1.54, 1.807) is 20.8 Å². The van der Waals surface area contributed by atoms with E-state index in [0.717, 1.165) is 117 Å². The molecule has 42 heteroatoms. The van der Waals surface area contributed by atoms with Crippen LogP contribution in [-0.2, 0) is 88.3 Å². The Morgan fingerprint density at radius 3 is 1.33 bits per heavy atom. The molecule has 0 aliphatic rings. The molecule has 4 aromatic carbocycles. The zero-order valence-electron chi connectivity index (χ0n) is 68.0. The Bertz CT molecular complexity index is 4690. The Hall–Kier alpha value is -9.46. The van der Waals surface area contributed by atoms with E-state index in [2.05, 4.69) is 123 Å². The number of carbonyl (C=O) groups excluding carboxylic acids is 3. The summed E-state index contributed by atoms with van der Waals surface area (Å²) in [6.45, 7) is 17.6. The van der Waals surface area contributed by atoms with Crippen LogP contribution in [0.5, 0.6) is 11.5 Å². The predicted octanol–water partition coefficient (Wildman–Crippen LogP) is 8.88. The van der Waals surface area contributed by atoms with Crippen LogP contribution in [0.25, 0.3) is 0 Å². The highest BCUT2D eigenvalue weighted by molar-refractivity contribution is 8.09. The van der Waals surface area contributed by atoms with Crippen LogP contribution in [-0.4, -0.2) is 193 Å². The highest BCUT2D eigenvalue weighted by Gasteiger charge is 2.33. The maximum absolute atomic E-state index is 13.0. The second-order valence-corrected chi connectivity index (χ2v) is 33.1. The number of sulfonamides is 4. The third-order valence-electron chi connectivity index (χ3n) is 15.4. The van der Waals surface area contributed by atoms with Crippen molar-refractivity contribution in [1.82, 2.24) is 35.9 Å². The number of carbonyl (C=O) groups is 4. The number of carboxylic acids is 1. The van der Waals surface area contributed by atoms with Crippen LogP contribution in [0, 0.1) is 0 Å². The van der Waals surface area contributed by atoms with Gasteiger partial charge >= 0.3 is 36.0 Å². The number of hydrogen-bond acceptors (Lipinski definition) is 31. The van der Waals surface area contributed by atoms with Gasteiger partial charge in [0.05, 0.1) is 69.7 Å². The van der Waals surface area contributed by atoms with E-state index in [4.69, 9.17) is 40.0 Å². The molecule has 8 aromatic rings. The fraction of sp³-hybridized carbons (Fsp3) is 0.474. The molecule has 0 radical (unpaired) electrons. The Balaban J connectivity index is 0.000000786. The summed E-state index contributed by atoms with van der Waals surface area (Å²) in [6, 6.07) is 30.0. The summed E-state index contributed by atoms with van der Waals surface area (Å²) in [4.78, 5) is 59.8. The third-order valence-corrected chi connectivity index (χ3v) is 19.7. The number of anilines is 4. The standard InChI is InChI=1S/C30H42N4O6S.C25H38N2O2.C8H12N2O7S2.C6H8N2O3.C5H6N2O5S.C2H6O.2ClH/c1-4-6-7-8-15-39-25-14-10-12-23(17-25)18-26(28(35)20-31-19-24-13-9-11-22(5-2)16-24)32-29(36)27-21-40-30(33-27)34-41(3,37)38;1-3-5-6-7-14-29-23-13-9-11-21(16-23)17-24(26)25(28)19-27-18-22-12-8-10-20(4-2)15-22;1-4-16-7(11)6-5-17-8(9-6)10(18(2,12)13)19(3,14)15;1-2-10-5(9)4-3-11-6(7)8-4;1-13(10,11)7-5-6-3(2-12-5)4(8)9;1-2-3;;/h9-14,16-17,21,26,28,31,35H,4-8,15,18-20H2,1-3H3,(H,32,36)(H,33,34);8-13,15-16,24-25,27-28H,3-7,14,17-19,26H2,1-2H3;5H,4H2,1-3H3;3H,2H2,1H3,(H2,7,8);2H,1H3,(H,6,7)(H,8,9);3H,2H2,1H3;2*1H/t26-,28+;24-,25+;;;;;;/m00....../s1. The molecular weight excluding hydrogens is 1660 g/mol. The van der Waals surface area contributed by atoms with Gasteiger partial charge in [-0.1, -0.05) is 139 Å². The number of aromatic carboxylic acids is 1. The zero-order chi connectivity index (χ0) is 86.4. The summed E-state index contributed by atoms with van der Waals surface area (Å²) in [7, 11) is -15.4. The van der Waals surface area contributed by atoms with Crippen molar-refractivity contribution in [1.29, 1.82) is 0 Å². The highest BCUT2D eigenvalue weighted by atomic mass is 35.5. The van der Waals surface area contributed by atoms with Gasteiger partial charge in [-0.3, -0.25) is 4.79 Å². The Labute approximate surface area is 702 Å². The largest absolute Gasteiger partial charge is 0.494 e. The lowest BCUT2D eigenvalue weighted by atomic mass is 10.0. The number of oxazole rings is 4. The quantitative estimate of drug-likeness (QED) is 0.0126.